The lowest BCUT2D eigenvalue weighted by Gasteiger charge is -2.39. The van der Waals surface area contributed by atoms with E-state index in [0.717, 1.165) is 131 Å². The fraction of sp³-hybridized carbons (Fsp3) is 0.517. The average Bonchev–Trinajstić information content (AvgIpc) is 4.15. The third-order valence-corrected chi connectivity index (χ3v) is 17.6. The van der Waals surface area contributed by atoms with Crippen molar-refractivity contribution in [3.05, 3.63) is 124 Å². The molecule has 0 aliphatic carbocycles. The third-order valence-electron chi connectivity index (χ3n) is 17.3. The molecule has 6 aliphatic heterocycles. The van der Waals surface area contributed by atoms with Gasteiger partial charge >= 0.3 is 0 Å². The van der Waals surface area contributed by atoms with Crippen molar-refractivity contribution in [1.29, 1.82) is 0 Å². The van der Waals surface area contributed by atoms with Crippen LogP contribution in [0.4, 0.5) is 14.6 Å². The molecule has 20 heteroatoms. The summed E-state index contributed by atoms with van der Waals surface area (Å²) in [4.78, 5) is 79.4. The molecule has 0 spiro atoms. The van der Waals surface area contributed by atoms with Crippen LogP contribution in [-0.2, 0) is 25.7 Å². The van der Waals surface area contributed by atoms with Crippen molar-refractivity contribution in [3.63, 3.8) is 0 Å². The van der Waals surface area contributed by atoms with Crippen LogP contribution in [-0.4, -0.2) is 185 Å². The molecule has 78 heavy (non-hydrogen) atoms. The van der Waals surface area contributed by atoms with Gasteiger partial charge in [0.2, 0.25) is 17.4 Å². The maximum Gasteiger partial charge on any atom is 0.288 e. The zero-order valence-electron chi connectivity index (χ0n) is 44.3. The van der Waals surface area contributed by atoms with Crippen molar-refractivity contribution < 1.29 is 38.0 Å². The first-order chi connectivity index (χ1) is 37.9. The second-order valence-corrected chi connectivity index (χ2v) is 22.7. The lowest BCUT2D eigenvalue weighted by Crippen LogP contribution is -2.71. The zero-order chi connectivity index (χ0) is 53.8. The maximum atomic E-state index is 14.1. The number of benzene rings is 3. The van der Waals surface area contributed by atoms with E-state index in [9.17, 15) is 28.0 Å². The molecule has 0 saturated carbocycles. The van der Waals surface area contributed by atoms with Gasteiger partial charge in [-0.15, -0.1) is 0 Å². The van der Waals surface area contributed by atoms with E-state index in [4.69, 9.17) is 16.3 Å². The van der Waals surface area contributed by atoms with Crippen LogP contribution in [0.5, 0.6) is 0 Å². The number of anilines is 1. The number of piperidine rings is 4. The summed E-state index contributed by atoms with van der Waals surface area (Å²) in [5.41, 5.74) is 3.37. The smallest absolute Gasteiger partial charge is 0.288 e. The van der Waals surface area contributed by atoms with Crippen molar-refractivity contribution in [1.82, 2.24) is 50.1 Å². The molecule has 2 aromatic heterocycles. The molecule has 5 aromatic rings. The van der Waals surface area contributed by atoms with E-state index in [-0.39, 0.29) is 66.9 Å². The van der Waals surface area contributed by atoms with Gasteiger partial charge in [-0.2, -0.15) is 0 Å². The Balaban J connectivity index is 0.576. The second-order valence-electron chi connectivity index (χ2n) is 22.3. The summed E-state index contributed by atoms with van der Waals surface area (Å²) in [7, 11) is 0. The minimum absolute atomic E-state index is 0.0105. The molecule has 5 N–H and O–H groups in total. The Morgan fingerprint density at radius 1 is 0.795 bits per heavy atom. The fourth-order valence-corrected chi connectivity index (χ4v) is 12.7. The summed E-state index contributed by atoms with van der Waals surface area (Å²) < 4.78 is 34.0. The molecule has 0 radical (unpaired) electrons. The summed E-state index contributed by atoms with van der Waals surface area (Å²) >= 11 is 6.30. The minimum Gasteiger partial charge on any atom is -0.375 e. The van der Waals surface area contributed by atoms with E-state index in [1.54, 1.807) is 6.33 Å². The van der Waals surface area contributed by atoms with Gasteiger partial charge in [0, 0.05) is 126 Å². The number of aromatic amines is 1. The number of carbonyl (C=O) groups is 4. The molecule has 4 atom stereocenters. The number of rotatable bonds is 17. The molecule has 6 aliphatic rings. The van der Waals surface area contributed by atoms with E-state index in [2.05, 4.69) is 45.6 Å². The van der Waals surface area contributed by atoms with Crippen molar-refractivity contribution >= 4 is 52.1 Å². The van der Waals surface area contributed by atoms with Gasteiger partial charge in [-0.05, 0) is 92.5 Å². The summed E-state index contributed by atoms with van der Waals surface area (Å²) in [6.07, 6.45) is 10.2. The average molecular weight is 1090 g/mol. The first-order valence-electron chi connectivity index (χ1n) is 28.1. The van der Waals surface area contributed by atoms with Gasteiger partial charge in [0.25, 0.3) is 11.8 Å². The van der Waals surface area contributed by atoms with Gasteiger partial charge in [0.05, 0.1) is 43.3 Å². The lowest BCUT2D eigenvalue weighted by molar-refractivity contribution is -0.528. The predicted octanol–water partition coefficient (Wildman–Crippen LogP) is 4.46. The first kappa shape index (κ1) is 53.9. The van der Waals surface area contributed by atoms with Crippen LogP contribution in [0.25, 0.3) is 11.0 Å². The molecule has 17 nitrogen and oxygen atoms in total. The lowest BCUT2D eigenvalue weighted by atomic mass is 9.89. The van der Waals surface area contributed by atoms with Crippen LogP contribution in [0.15, 0.2) is 85.3 Å². The van der Waals surface area contributed by atoms with Crippen molar-refractivity contribution in [2.75, 3.05) is 103 Å². The van der Waals surface area contributed by atoms with Crippen LogP contribution < -0.4 is 20.9 Å². The number of nitrogens with one attached hydrogen (secondary N) is 3. The van der Waals surface area contributed by atoms with Gasteiger partial charge in [-0.25, -0.2) is 18.7 Å². The third kappa shape index (κ3) is 12.5. The summed E-state index contributed by atoms with van der Waals surface area (Å²) in [5, 5.41) is 10.3. The number of aromatic nitrogens is 3. The molecule has 4 amide bonds. The predicted molar refractivity (Wildman–Crippen MR) is 292 cm³/mol. The maximum absolute atomic E-state index is 14.1. The first-order valence-corrected chi connectivity index (χ1v) is 28.5. The highest BCUT2D eigenvalue weighted by molar-refractivity contribution is 6.30. The van der Waals surface area contributed by atoms with Gasteiger partial charge in [0.15, 0.2) is 6.04 Å². The van der Waals surface area contributed by atoms with Gasteiger partial charge in [-0.3, -0.25) is 29.0 Å². The van der Waals surface area contributed by atoms with Crippen LogP contribution in [0, 0.1) is 11.6 Å². The molecule has 3 aromatic carbocycles. The van der Waals surface area contributed by atoms with Crippen LogP contribution >= 0.6 is 11.6 Å². The van der Waals surface area contributed by atoms with Crippen molar-refractivity contribution in [3.8, 4) is 0 Å². The number of H-pyrrole nitrogens is 1. The number of nitrogens with zero attached hydrogens (tertiary/aromatic N) is 8. The Kier molecular flexibility index (Phi) is 16.7. The van der Waals surface area contributed by atoms with Gasteiger partial charge < -0.3 is 45.3 Å². The fourth-order valence-electron chi connectivity index (χ4n) is 12.6. The van der Waals surface area contributed by atoms with E-state index < -0.39 is 17.2 Å². The number of amides is 4. The molecule has 8 heterocycles. The Labute approximate surface area is 459 Å². The monoisotopic (exact) mass is 1090 g/mol. The topological polar surface area (TPSA) is 179 Å². The van der Waals surface area contributed by atoms with E-state index in [0.29, 0.717) is 62.0 Å². The molecule has 414 valence electrons. The summed E-state index contributed by atoms with van der Waals surface area (Å²) in [5.74, 6) is -0.0838. The molecule has 0 bridgehead atoms. The van der Waals surface area contributed by atoms with Crippen LogP contribution in [0.2, 0.25) is 5.02 Å². The molecule has 11 rings (SSSR count). The van der Waals surface area contributed by atoms with Crippen LogP contribution in [0.1, 0.15) is 90.4 Å². The highest BCUT2D eigenvalue weighted by atomic mass is 35.5. The van der Waals surface area contributed by atoms with E-state index >= 15 is 0 Å². The van der Waals surface area contributed by atoms with Gasteiger partial charge in [-0.1, -0.05) is 41.9 Å². The van der Waals surface area contributed by atoms with E-state index in [1.807, 2.05) is 75.5 Å². The number of halogens is 3. The number of fused-ring (bicyclic) bond motifs is 2. The Bertz CT molecular complexity index is 2930. The number of hydrogen-bond acceptors (Lipinski definition) is 11. The zero-order valence-corrected chi connectivity index (χ0v) is 45.0. The number of likely N-dealkylation sites (tertiary alicyclic amines) is 3. The number of piperazine rings is 1. The standard InChI is InChI=1S/C58H71ClF2N12O5/c59-44-9-6-39(7-10-44)50(66-57(77)58-18-26-73(36-51(58)67-58)55-48-12-19-63-54(48)64-38-65-55)17-23-68-27-29-70(30-28-68)53(75)37-69-21-13-46(14-22-69)78-47-15-24-71(25-16-47)56(76)41-4-1-3-40(31-41)43-5-2-20-72(35-43)52(74)34-62-33-42-8-11-45(60)32-49(42)61/h1,3-4,6-12,19,31-32,38,43,46-47,50-51,62,67H,2,5,13-18,20-30,33-37H2,(H,66,77)(H,63,64,65)/p+1/t43?,50-,51?,58?/m0/s1. The summed E-state index contributed by atoms with van der Waals surface area (Å²) in [6, 6.07) is 21.0. The van der Waals surface area contributed by atoms with Crippen molar-refractivity contribution in [2.45, 2.75) is 93.7 Å². The number of carbonyl (C=O) groups excluding carboxylic acids is 4. The number of ether oxygens (including phenoxy) is 1. The molecular formula is C58H72ClF2N12O5+. The Morgan fingerprint density at radius 3 is 2.35 bits per heavy atom. The normalized spacial score (nSPS) is 23.1. The Hall–Kier alpha value is -6.09. The molecule has 3 unspecified atom stereocenters. The number of nitrogens with two attached hydrogens (primary N) is 1. The number of hydrogen-bond donors (Lipinski definition) is 4. The second kappa shape index (κ2) is 24.1. The Morgan fingerprint density at radius 2 is 1.58 bits per heavy atom. The highest BCUT2D eigenvalue weighted by Gasteiger charge is 2.69. The quantitative estimate of drug-likeness (QED) is 0.0968. The largest absolute Gasteiger partial charge is 0.375 e. The summed E-state index contributed by atoms with van der Waals surface area (Å²) in [6.45, 7) is 9.81. The molecular weight excluding hydrogens is 1020 g/mol. The minimum atomic E-state index is -0.640. The SMILES string of the molecule is O=C(CN1CCC(OC2CCN(C(=O)c3cccc(C4CCCN(C(=O)CNCc5ccc(F)cc5F)C4)c3)CC2)CC1)N1CCN(CC[C@H](NC(=O)C23CCN(c4ncnc5[nH]ccc45)CC2[NH2+]3)c2ccc(Cl)cc2)CC1. The highest BCUT2D eigenvalue weighted by Crippen LogP contribution is 2.34. The molecule has 6 fully saturated rings. The van der Waals surface area contributed by atoms with E-state index in [1.165, 1.54) is 12.1 Å². The molecule has 6 saturated heterocycles. The number of quaternary nitrogens is 1. The van der Waals surface area contributed by atoms with Gasteiger partial charge in [0.1, 0.15) is 29.4 Å². The van der Waals surface area contributed by atoms with Crippen molar-refractivity contribution in [2.24, 2.45) is 0 Å². The van der Waals surface area contributed by atoms with Crippen LogP contribution in [0.3, 0.4) is 0 Å².